The van der Waals surface area contributed by atoms with Crippen molar-refractivity contribution in [2.24, 2.45) is 0 Å². The first-order valence-corrected chi connectivity index (χ1v) is 7.61. The van der Waals surface area contributed by atoms with Gasteiger partial charge in [0.05, 0.1) is 0 Å². The van der Waals surface area contributed by atoms with Crippen LogP contribution in [-0.2, 0) is 6.42 Å². The van der Waals surface area contributed by atoms with Gasteiger partial charge in [-0.3, -0.25) is 0 Å². The van der Waals surface area contributed by atoms with Crippen LogP contribution < -0.4 is 10.1 Å². The van der Waals surface area contributed by atoms with Crippen LogP contribution in [0.4, 0.5) is 0 Å². The molecule has 0 aliphatic carbocycles. The molecule has 1 fully saturated rings. The van der Waals surface area contributed by atoms with Gasteiger partial charge >= 0.3 is 0 Å². The van der Waals surface area contributed by atoms with Crippen molar-refractivity contribution in [2.45, 2.75) is 25.4 Å². The van der Waals surface area contributed by atoms with E-state index in [1.807, 2.05) is 30.3 Å². The van der Waals surface area contributed by atoms with Crippen molar-refractivity contribution in [3.8, 4) is 5.88 Å². The summed E-state index contributed by atoms with van der Waals surface area (Å²) in [5.41, 5.74) is 1.14. The Hall–Kier alpha value is -1.65. The highest BCUT2D eigenvalue weighted by atomic mass is 35.5. The van der Waals surface area contributed by atoms with Crippen molar-refractivity contribution >= 4 is 11.6 Å². The summed E-state index contributed by atoms with van der Waals surface area (Å²) in [6, 6.07) is 9.57. The van der Waals surface area contributed by atoms with Crippen LogP contribution in [-0.4, -0.2) is 29.2 Å². The summed E-state index contributed by atoms with van der Waals surface area (Å²) < 4.78 is 5.94. The number of benzene rings is 1. The lowest BCUT2D eigenvalue weighted by Gasteiger charge is -2.23. The van der Waals surface area contributed by atoms with Gasteiger partial charge in [0.15, 0.2) is 0 Å². The minimum atomic E-state index is 0.254. The van der Waals surface area contributed by atoms with Gasteiger partial charge in [0, 0.05) is 23.7 Å². The Balaban J connectivity index is 1.66. The highest BCUT2D eigenvalue weighted by Crippen LogP contribution is 2.16. The SMILES string of the molecule is Clc1ccc(Cc2nccc(OC3CCNCC3)n2)cc1. The fraction of sp³-hybridized carbons (Fsp3) is 0.375. The molecule has 0 bridgehead atoms. The number of ether oxygens (including phenoxy) is 1. The second-order valence-electron chi connectivity index (χ2n) is 5.18. The fourth-order valence-electron chi connectivity index (χ4n) is 2.40. The smallest absolute Gasteiger partial charge is 0.216 e. The molecule has 4 nitrogen and oxygen atoms in total. The molecule has 0 saturated carbocycles. The molecule has 0 atom stereocenters. The second-order valence-corrected chi connectivity index (χ2v) is 5.62. The molecule has 1 saturated heterocycles. The molecule has 2 heterocycles. The Morgan fingerprint density at radius 1 is 1.14 bits per heavy atom. The Kier molecular flexibility index (Phi) is 4.68. The second kappa shape index (κ2) is 6.87. The molecule has 1 aliphatic rings. The van der Waals surface area contributed by atoms with Gasteiger partial charge in [0.1, 0.15) is 11.9 Å². The summed E-state index contributed by atoms with van der Waals surface area (Å²) in [4.78, 5) is 8.81. The zero-order chi connectivity index (χ0) is 14.5. The van der Waals surface area contributed by atoms with Crippen LogP contribution in [0.15, 0.2) is 36.5 Å². The first-order chi connectivity index (χ1) is 10.3. The maximum atomic E-state index is 5.94. The average Bonchev–Trinajstić information content (AvgIpc) is 2.51. The molecule has 110 valence electrons. The quantitative estimate of drug-likeness (QED) is 0.943. The largest absolute Gasteiger partial charge is 0.474 e. The first kappa shape index (κ1) is 14.3. The van der Waals surface area contributed by atoms with Gasteiger partial charge in [-0.2, -0.15) is 4.98 Å². The molecule has 1 aliphatic heterocycles. The minimum absolute atomic E-state index is 0.254. The lowest BCUT2D eigenvalue weighted by molar-refractivity contribution is 0.155. The number of nitrogens with one attached hydrogen (secondary N) is 1. The predicted octanol–water partition coefficient (Wildman–Crippen LogP) is 2.85. The van der Waals surface area contributed by atoms with Crippen LogP contribution in [0.2, 0.25) is 5.02 Å². The summed E-state index contributed by atoms with van der Waals surface area (Å²) in [6.07, 6.45) is 4.74. The molecular weight excluding hydrogens is 286 g/mol. The third-order valence-electron chi connectivity index (χ3n) is 3.53. The van der Waals surface area contributed by atoms with Crippen molar-refractivity contribution in [3.63, 3.8) is 0 Å². The average molecular weight is 304 g/mol. The van der Waals surface area contributed by atoms with Gasteiger partial charge in [0.25, 0.3) is 0 Å². The molecule has 3 rings (SSSR count). The van der Waals surface area contributed by atoms with Crippen LogP contribution in [0.3, 0.4) is 0 Å². The Labute approximate surface area is 129 Å². The normalized spacial score (nSPS) is 15.9. The number of halogens is 1. The monoisotopic (exact) mass is 303 g/mol. The van der Waals surface area contributed by atoms with E-state index in [-0.39, 0.29) is 6.10 Å². The molecule has 21 heavy (non-hydrogen) atoms. The standard InChI is InChI=1S/C16H18ClN3O/c17-13-3-1-12(2-4-13)11-15-19-10-7-16(20-15)21-14-5-8-18-9-6-14/h1-4,7,10,14,18H,5-6,8-9,11H2. The van der Waals surface area contributed by atoms with Crippen LogP contribution in [0.1, 0.15) is 24.2 Å². The van der Waals surface area contributed by atoms with E-state index < -0.39 is 0 Å². The van der Waals surface area contributed by atoms with E-state index >= 15 is 0 Å². The Morgan fingerprint density at radius 3 is 2.67 bits per heavy atom. The highest BCUT2D eigenvalue weighted by molar-refractivity contribution is 6.30. The Morgan fingerprint density at radius 2 is 1.90 bits per heavy atom. The van der Waals surface area contributed by atoms with Crippen molar-refractivity contribution in [2.75, 3.05) is 13.1 Å². The lowest BCUT2D eigenvalue weighted by atomic mass is 10.1. The molecular formula is C16H18ClN3O. The predicted molar refractivity (Wildman–Crippen MR) is 82.8 cm³/mol. The molecule has 1 aromatic heterocycles. The number of rotatable bonds is 4. The summed E-state index contributed by atoms with van der Waals surface area (Å²) in [5.74, 6) is 1.43. The zero-order valence-electron chi connectivity index (χ0n) is 11.8. The van der Waals surface area contributed by atoms with Crippen LogP contribution in [0.5, 0.6) is 5.88 Å². The summed E-state index contributed by atoms with van der Waals surface area (Å²) in [7, 11) is 0. The zero-order valence-corrected chi connectivity index (χ0v) is 12.5. The van der Waals surface area contributed by atoms with Crippen LogP contribution >= 0.6 is 11.6 Å². The number of aromatic nitrogens is 2. The van der Waals surface area contributed by atoms with Crippen molar-refractivity contribution in [1.29, 1.82) is 0 Å². The topological polar surface area (TPSA) is 47.0 Å². The Bertz CT molecular complexity index is 582. The molecule has 1 aromatic carbocycles. The van der Waals surface area contributed by atoms with Gasteiger partial charge in [-0.25, -0.2) is 4.98 Å². The summed E-state index contributed by atoms with van der Waals surface area (Å²) >= 11 is 5.89. The van der Waals surface area contributed by atoms with Gasteiger partial charge in [-0.05, 0) is 43.6 Å². The molecule has 0 amide bonds. The third-order valence-corrected chi connectivity index (χ3v) is 3.78. The van der Waals surface area contributed by atoms with Gasteiger partial charge < -0.3 is 10.1 Å². The molecule has 5 heteroatoms. The van der Waals surface area contributed by atoms with Crippen molar-refractivity contribution < 1.29 is 4.74 Å². The van der Waals surface area contributed by atoms with Crippen molar-refractivity contribution in [1.82, 2.24) is 15.3 Å². The van der Waals surface area contributed by atoms with E-state index in [4.69, 9.17) is 16.3 Å². The van der Waals surface area contributed by atoms with Gasteiger partial charge in [-0.15, -0.1) is 0 Å². The summed E-state index contributed by atoms with van der Waals surface area (Å²) in [6.45, 7) is 2.01. The first-order valence-electron chi connectivity index (χ1n) is 7.23. The lowest BCUT2D eigenvalue weighted by Crippen LogP contribution is -2.34. The maximum Gasteiger partial charge on any atom is 0.216 e. The van der Waals surface area contributed by atoms with E-state index in [1.165, 1.54) is 0 Å². The van der Waals surface area contributed by atoms with E-state index in [0.717, 1.165) is 42.3 Å². The van der Waals surface area contributed by atoms with Crippen molar-refractivity contribution in [3.05, 3.63) is 52.9 Å². The third kappa shape index (κ3) is 4.16. The molecule has 0 spiro atoms. The van der Waals surface area contributed by atoms with E-state index in [2.05, 4.69) is 15.3 Å². The summed E-state index contributed by atoms with van der Waals surface area (Å²) in [5, 5.41) is 4.06. The van der Waals surface area contributed by atoms with E-state index in [1.54, 1.807) is 6.20 Å². The van der Waals surface area contributed by atoms with E-state index in [0.29, 0.717) is 12.3 Å². The number of hydrogen-bond donors (Lipinski definition) is 1. The molecule has 0 unspecified atom stereocenters. The maximum absolute atomic E-state index is 5.94. The molecule has 2 aromatic rings. The van der Waals surface area contributed by atoms with Crippen LogP contribution in [0, 0.1) is 0 Å². The minimum Gasteiger partial charge on any atom is -0.474 e. The molecule has 1 N–H and O–H groups in total. The number of hydrogen-bond acceptors (Lipinski definition) is 4. The fourth-order valence-corrected chi connectivity index (χ4v) is 2.53. The van der Waals surface area contributed by atoms with Gasteiger partial charge in [-0.1, -0.05) is 23.7 Å². The number of piperidine rings is 1. The van der Waals surface area contributed by atoms with Crippen LogP contribution in [0.25, 0.3) is 0 Å². The van der Waals surface area contributed by atoms with E-state index in [9.17, 15) is 0 Å². The number of nitrogens with zero attached hydrogens (tertiary/aromatic N) is 2. The van der Waals surface area contributed by atoms with Gasteiger partial charge in [0.2, 0.25) is 5.88 Å². The highest BCUT2D eigenvalue weighted by Gasteiger charge is 2.15. The molecule has 0 radical (unpaired) electrons.